The van der Waals surface area contributed by atoms with Crippen molar-refractivity contribution in [2.45, 2.75) is 54.6 Å². The number of aliphatic hydroxyl groups excluding tert-OH is 1. The SMILES string of the molecule is C[C@H](NC(=O)C(O)C1CC1)C(=O)N1CCC[C@@H](C(=O)OCC(Cl)(Cl)Cl)N1. The van der Waals surface area contributed by atoms with Crippen molar-refractivity contribution in [2.75, 3.05) is 13.2 Å². The smallest absolute Gasteiger partial charge is 0.325 e. The number of alkyl halides is 3. The molecule has 2 fully saturated rings. The van der Waals surface area contributed by atoms with Gasteiger partial charge in [0.05, 0.1) is 0 Å². The van der Waals surface area contributed by atoms with Crippen LogP contribution in [0.1, 0.15) is 32.6 Å². The molecular formula is C15H22Cl3N3O5. The predicted octanol–water partition coefficient (Wildman–Crippen LogP) is 0.671. The minimum Gasteiger partial charge on any atom is -0.460 e. The molecule has 26 heavy (non-hydrogen) atoms. The van der Waals surface area contributed by atoms with Crippen molar-refractivity contribution < 1.29 is 24.2 Å². The summed E-state index contributed by atoms with van der Waals surface area (Å²) in [5.74, 6) is -1.64. The molecule has 0 radical (unpaired) electrons. The Hall–Kier alpha value is -0.800. The van der Waals surface area contributed by atoms with Crippen LogP contribution in [0.5, 0.6) is 0 Å². The van der Waals surface area contributed by atoms with Crippen LogP contribution in [0.25, 0.3) is 0 Å². The number of carbonyl (C=O) groups excluding carboxylic acids is 3. The van der Waals surface area contributed by atoms with E-state index in [2.05, 4.69) is 10.7 Å². The van der Waals surface area contributed by atoms with Gasteiger partial charge in [-0.2, -0.15) is 0 Å². The fourth-order valence-electron chi connectivity index (χ4n) is 2.59. The van der Waals surface area contributed by atoms with Crippen LogP contribution in [-0.4, -0.2) is 63.0 Å². The van der Waals surface area contributed by atoms with Gasteiger partial charge < -0.3 is 15.2 Å². The zero-order valence-electron chi connectivity index (χ0n) is 14.2. The summed E-state index contributed by atoms with van der Waals surface area (Å²) in [4.78, 5) is 36.4. The standard InChI is InChI=1S/C15H22Cl3N3O5/c1-8(19-12(23)11(22)9-4-5-9)13(24)21-6-2-3-10(20-21)14(25)26-7-15(16,17)18/h8-11,20,22H,2-7H2,1H3,(H,19,23)/t8-,10-,11?/m0/s1. The molecule has 0 aromatic heterocycles. The summed E-state index contributed by atoms with van der Waals surface area (Å²) in [5.41, 5.74) is 2.77. The molecule has 11 heteroatoms. The van der Waals surface area contributed by atoms with E-state index in [0.717, 1.165) is 12.8 Å². The van der Waals surface area contributed by atoms with Gasteiger partial charge in [0.15, 0.2) is 0 Å². The number of nitrogens with zero attached hydrogens (tertiary/aromatic N) is 1. The third-order valence-electron chi connectivity index (χ3n) is 4.18. The molecule has 148 valence electrons. The lowest BCUT2D eigenvalue weighted by Gasteiger charge is -2.34. The molecule has 3 N–H and O–H groups in total. The highest BCUT2D eigenvalue weighted by molar-refractivity contribution is 6.67. The van der Waals surface area contributed by atoms with Crippen molar-refractivity contribution >= 4 is 52.6 Å². The number of ether oxygens (including phenoxy) is 1. The van der Waals surface area contributed by atoms with Gasteiger partial charge >= 0.3 is 5.97 Å². The van der Waals surface area contributed by atoms with Crippen LogP contribution >= 0.6 is 34.8 Å². The highest BCUT2D eigenvalue weighted by Crippen LogP contribution is 2.32. The summed E-state index contributed by atoms with van der Waals surface area (Å²) >= 11 is 16.6. The first-order valence-corrected chi connectivity index (χ1v) is 9.51. The second-order valence-electron chi connectivity index (χ2n) is 6.55. The molecule has 1 saturated heterocycles. The van der Waals surface area contributed by atoms with Crippen LogP contribution in [0.15, 0.2) is 0 Å². The molecule has 1 unspecified atom stereocenters. The molecule has 1 heterocycles. The van der Waals surface area contributed by atoms with E-state index in [-0.39, 0.29) is 5.92 Å². The van der Waals surface area contributed by atoms with Crippen molar-refractivity contribution in [3.63, 3.8) is 0 Å². The van der Waals surface area contributed by atoms with Gasteiger partial charge in [0.25, 0.3) is 5.91 Å². The van der Waals surface area contributed by atoms with E-state index in [0.29, 0.717) is 19.4 Å². The lowest BCUT2D eigenvalue weighted by molar-refractivity contribution is -0.153. The number of rotatable bonds is 6. The molecule has 0 spiro atoms. The van der Waals surface area contributed by atoms with Gasteiger partial charge in [-0.1, -0.05) is 34.8 Å². The van der Waals surface area contributed by atoms with E-state index in [1.165, 1.54) is 11.9 Å². The summed E-state index contributed by atoms with van der Waals surface area (Å²) in [6, 6.07) is -1.60. The summed E-state index contributed by atoms with van der Waals surface area (Å²) in [5, 5.41) is 13.6. The number of esters is 1. The minimum absolute atomic E-state index is 0.0255. The molecule has 8 nitrogen and oxygen atoms in total. The van der Waals surface area contributed by atoms with Gasteiger partial charge in [-0.15, -0.1) is 0 Å². The van der Waals surface area contributed by atoms with Gasteiger partial charge in [0.1, 0.15) is 24.8 Å². The Morgan fingerprint density at radius 1 is 1.31 bits per heavy atom. The Morgan fingerprint density at radius 3 is 2.54 bits per heavy atom. The van der Waals surface area contributed by atoms with Crippen molar-refractivity contribution in [2.24, 2.45) is 5.92 Å². The summed E-state index contributed by atoms with van der Waals surface area (Å²) in [7, 11) is 0. The Balaban J connectivity index is 1.84. The summed E-state index contributed by atoms with van der Waals surface area (Å²) in [6.45, 7) is 1.50. The number of halogens is 3. The Kier molecular flexibility index (Phi) is 7.38. The number of amides is 2. The molecule has 2 amide bonds. The van der Waals surface area contributed by atoms with Crippen molar-refractivity contribution in [1.29, 1.82) is 0 Å². The molecule has 1 aliphatic heterocycles. The summed E-state index contributed by atoms with van der Waals surface area (Å²) < 4.78 is 3.22. The van der Waals surface area contributed by atoms with Gasteiger partial charge in [-0.3, -0.25) is 19.4 Å². The molecule has 3 atom stereocenters. The van der Waals surface area contributed by atoms with Gasteiger partial charge in [-0.25, -0.2) is 5.43 Å². The predicted molar refractivity (Wildman–Crippen MR) is 95.5 cm³/mol. The fraction of sp³-hybridized carbons (Fsp3) is 0.800. The van der Waals surface area contributed by atoms with E-state index in [4.69, 9.17) is 39.5 Å². The third-order valence-corrected chi connectivity index (χ3v) is 4.51. The maximum atomic E-state index is 12.5. The zero-order valence-corrected chi connectivity index (χ0v) is 16.5. The van der Waals surface area contributed by atoms with Gasteiger partial charge in [0, 0.05) is 6.54 Å². The Morgan fingerprint density at radius 2 is 1.96 bits per heavy atom. The van der Waals surface area contributed by atoms with E-state index < -0.39 is 46.4 Å². The van der Waals surface area contributed by atoms with E-state index in [9.17, 15) is 19.5 Å². The fourth-order valence-corrected chi connectivity index (χ4v) is 2.75. The van der Waals surface area contributed by atoms with Crippen LogP contribution in [0.4, 0.5) is 0 Å². The molecule has 2 rings (SSSR count). The number of hydrogen-bond acceptors (Lipinski definition) is 6. The van der Waals surface area contributed by atoms with E-state index in [1.807, 2.05) is 0 Å². The minimum atomic E-state index is -1.71. The largest absolute Gasteiger partial charge is 0.460 e. The number of carbonyl (C=O) groups is 3. The maximum Gasteiger partial charge on any atom is 0.325 e. The summed E-state index contributed by atoms with van der Waals surface area (Å²) in [6.07, 6.45) is 1.55. The van der Waals surface area contributed by atoms with E-state index >= 15 is 0 Å². The Labute approximate surface area is 166 Å². The van der Waals surface area contributed by atoms with Crippen molar-refractivity contribution in [3.05, 3.63) is 0 Å². The quantitative estimate of drug-likeness (QED) is 0.422. The van der Waals surface area contributed by atoms with Gasteiger partial charge in [-0.05, 0) is 38.5 Å². The second-order valence-corrected chi connectivity index (χ2v) is 9.07. The third kappa shape index (κ3) is 6.42. The van der Waals surface area contributed by atoms with Crippen LogP contribution in [0.3, 0.4) is 0 Å². The number of aliphatic hydroxyl groups is 1. The van der Waals surface area contributed by atoms with Crippen LogP contribution in [0.2, 0.25) is 0 Å². The monoisotopic (exact) mass is 429 g/mol. The van der Waals surface area contributed by atoms with Crippen LogP contribution in [0, 0.1) is 5.92 Å². The first kappa shape index (κ1) is 21.5. The maximum absolute atomic E-state index is 12.5. The molecule has 1 saturated carbocycles. The lowest BCUT2D eigenvalue weighted by atomic mass is 10.1. The van der Waals surface area contributed by atoms with E-state index in [1.54, 1.807) is 0 Å². The second kappa shape index (κ2) is 8.93. The molecule has 1 aliphatic carbocycles. The average molecular weight is 431 g/mol. The van der Waals surface area contributed by atoms with Crippen molar-refractivity contribution in [3.8, 4) is 0 Å². The number of nitrogens with one attached hydrogen (secondary N) is 2. The number of hydrazine groups is 1. The molecule has 0 aromatic carbocycles. The topological polar surface area (TPSA) is 108 Å². The first-order chi connectivity index (χ1) is 12.1. The lowest BCUT2D eigenvalue weighted by Crippen LogP contribution is -2.60. The molecule has 2 aliphatic rings. The highest BCUT2D eigenvalue weighted by Gasteiger charge is 2.37. The molecular weight excluding hydrogens is 409 g/mol. The first-order valence-electron chi connectivity index (χ1n) is 8.38. The van der Waals surface area contributed by atoms with Crippen molar-refractivity contribution in [1.82, 2.24) is 15.8 Å². The van der Waals surface area contributed by atoms with Gasteiger partial charge in [0.2, 0.25) is 9.70 Å². The van der Waals surface area contributed by atoms with Crippen LogP contribution in [-0.2, 0) is 19.1 Å². The zero-order chi connectivity index (χ0) is 19.5. The molecule has 0 bridgehead atoms. The molecule has 0 aromatic rings. The highest BCUT2D eigenvalue weighted by atomic mass is 35.6. The average Bonchev–Trinajstić information content (AvgIpc) is 3.42. The normalized spacial score (nSPS) is 23.1. The van der Waals surface area contributed by atoms with Crippen LogP contribution < -0.4 is 10.7 Å². The number of hydrogen-bond donors (Lipinski definition) is 3. The Bertz CT molecular complexity index is 553.